The Bertz CT molecular complexity index is 1410. The molecule has 0 unspecified atom stereocenters. The number of nitrogen functional groups attached to an aromatic ring is 1. The first-order valence-corrected chi connectivity index (χ1v) is 11.8. The molecule has 3 aromatic carbocycles. The molecular weight excluding hydrogens is 468 g/mol. The fourth-order valence-electron chi connectivity index (χ4n) is 3.85. The van der Waals surface area contributed by atoms with Gasteiger partial charge < -0.3 is 26.6 Å². The van der Waals surface area contributed by atoms with Crippen LogP contribution in [0, 0.1) is 0 Å². The highest BCUT2D eigenvalue weighted by atomic mass is 16.3. The van der Waals surface area contributed by atoms with Crippen molar-refractivity contribution in [3.05, 3.63) is 89.0 Å². The van der Waals surface area contributed by atoms with Crippen molar-refractivity contribution in [1.82, 2.24) is 15.0 Å². The van der Waals surface area contributed by atoms with Crippen molar-refractivity contribution >= 4 is 29.2 Å². The predicted molar refractivity (Wildman–Crippen MR) is 144 cm³/mol. The number of aromatic nitrogens is 3. The van der Waals surface area contributed by atoms with Crippen molar-refractivity contribution in [2.75, 3.05) is 16.4 Å². The molecule has 0 bridgehead atoms. The van der Waals surface area contributed by atoms with Crippen LogP contribution in [0.5, 0.6) is 0 Å². The lowest BCUT2D eigenvalue weighted by Crippen LogP contribution is -2.15. The zero-order valence-corrected chi connectivity index (χ0v) is 21.0. The summed E-state index contributed by atoms with van der Waals surface area (Å²) in [5, 5.41) is 25.5. The maximum absolute atomic E-state index is 13.0. The van der Waals surface area contributed by atoms with Gasteiger partial charge in [-0.05, 0) is 46.9 Å². The molecule has 9 nitrogen and oxygen atoms in total. The molecule has 0 aliphatic carbocycles. The first-order valence-electron chi connectivity index (χ1n) is 11.8. The van der Waals surface area contributed by atoms with E-state index in [1.54, 1.807) is 48.5 Å². The van der Waals surface area contributed by atoms with Gasteiger partial charge in [-0.15, -0.1) is 0 Å². The molecular formula is C28H30N6O3. The lowest BCUT2D eigenvalue weighted by molar-refractivity contribution is 0.102. The van der Waals surface area contributed by atoms with Gasteiger partial charge in [0.25, 0.3) is 5.91 Å². The first-order chi connectivity index (χ1) is 17.7. The number of aliphatic hydroxyl groups is 2. The molecule has 190 valence electrons. The lowest BCUT2D eigenvalue weighted by atomic mass is 9.86. The predicted octanol–water partition coefficient (Wildman–Crippen LogP) is 4.40. The number of nitrogens with one attached hydrogen (secondary N) is 2. The molecule has 4 rings (SSSR count). The number of hydrogen-bond acceptors (Lipinski definition) is 8. The van der Waals surface area contributed by atoms with E-state index in [-0.39, 0.29) is 42.3 Å². The summed E-state index contributed by atoms with van der Waals surface area (Å²) in [6, 6.07) is 19.8. The van der Waals surface area contributed by atoms with Gasteiger partial charge in [0.2, 0.25) is 11.9 Å². The standard InChI is InChI=1S/C28H30N6O3/c1-28(2,3)19-12-10-18(11-13-19)25(37)31-23-9-5-8-21(22(23)16-36)24-32-26(29)34-27(33-24)30-20-7-4-6-17(14-20)15-35/h4-14,35-36H,15-16H2,1-3H3,(H,31,37)(H3,29,30,32,33,34). The zero-order valence-electron chi connectivity index (χ0n) is 21.0. The summed E-state index contributed by atoms with van der Waals surface area (Å²) in [6.07, 6.45) is 0. The topological polar surface area (TPSA) is 146 Å². The molecule has 0 radical (unpaired) electrons. The Kier molecular flexibility index (Phi) is 7.47. The molecule has 9 heteroatoms. The van der Waals surface area contributed by atoms with Crippen LogP contribution >= 0.6 is 0 Å². The number of carbonyl (C=O) groups is 1. The quantitative estimate of drug-likeness (QED) is 0.252. The second-order valence-electron chi connectivity index (χ2n) is 9.60. The normalized spacial score (nSPS) is 11.3. The summed E-state index contributed by atoms with van der Waals surface area (Å²) in [5.74, 6) is 0.134. The van der Waals surface area contributed by atoms with Crippen LogP contribution in [0.1, 0.15) is 47.8 Å². The van der Waals surface area contributed by atoms with E-state index >= 15 is 0 Å². The molecule has 1 amide bonds. The number of carbonyl (C=O) groups excluding carboxylic acids is 1. The van der Waals surface area contributed by atoms with E-state index in [1.807, 2.05) is 18.2 Å². The van der Waals surface area contributed by atoms with Crippen LogP contribution in [0.3, 0.4) is 0 Å². The minimum absolute atomic E-state index is 0.0110. The molecule has 6 N–H and O–H groups in total. The molecule has 37 heavy (non-hydrogen) atoms. The summed E-state index contributed by atoms with van der Waals surface area (Å²) in [4.78, 5) is 25.8. The van der Waals surface area contributed by atoms with Gasteiger partial charge in [-0.2, -0.15) is 15.0 Å². The van der Waals surface area contributed by atoms with Gasteiger partial charge in [0, 0.05) is 28.1 Å². The van der Waals surface area contributed by atoms with Crippen molar-refractivity contribution in [2.45, 2.75) is 39.4 Å². The largest absolute Gasteiger partial charge is 0.392 e. The van der Waals surface area contributed by atoms with Crippen LogP contribution in [0.4, 0.5) is 23.3 Å². The number of aliphatic hydroxyl groups excluding tert-OH is 2. The molecule has 1 aromatic heterocycles. The molecule has 0 aliphatic rings. The fourth-order valence-corrected chi connectivity index (χ4v) is 3.85. The monoisotopic (exact) mass is 498 g/mol. The van der Waals surface area contributed by atoms with Crippen molar-refractivity contribution < 1.29 is 15.0 Å². The summed E-state index contributed by atoms with van der Waals surface area (Å²) >= 11 is 0. The van der Waals surface area contributed by atoms with E-state index in [4.69, 9.17) is 5.73 Å². The molecule has 0 spiro atoms. The third kappa shape index (κ3) is 6.08. The number of amides is 1. The van der Waals surface area contributed by atoms with Crippen LogP contribution in [-0.2, 0) is 18.6 Å². The minimum atomic E-state index is -0.359. The van der Waals surface area contributed by atoms with E-state index in [0.29, 0.717) is 28.1 Å². The van der Waals surface area contributed by atoms with Crippen molar-refractivity contribution in [1.29, 1.82) is 0 Å². The van der Waals surface area contributed by atoms with E-state index in [1.165, 1.54) is 0 Å². The van der Waals surface area contributed by atoms with E-state index in [2.05, 4.69) is 46.4 Å². The summed E-state index contributed by atoms with van der Waals surface area (Å²) in [6.45, 7) is 5.88. The van der Waals surface area contributed by atoms with E-state index in [0.717, 1.165) is 11.1 Å². The van der Waals surface area contributed by atoms with Gasteiger partial charge in [0.05, 0.1) is 13.2 Å². The van der Waals surface area contributed by atoms with Crippen LogP contribution in [-0.4, -0.2) is 31.1 Å². The molecule has 0 saturated carbocycles. The number of rotatable bonds is 7. The molecule has 1 heterocycles. The summed E-state index contributed by atoms with van der Waals surface area (Å²) in [7, 11) is 0. The second-order valence-corrected chi connectivity index (χ2v) is 9.60. The van der Waals surface area contributed by atoms with Crippen molar-refractivity contribution in [3.8, 4) is 11.4 Å². The van der Waals surface area contributed by atoms with Crippen LogP contribution in [0.25, 0.3) is 11.4 Å². The molecule has 0 aliphatic heterocycles. The lowest BCUT2D eigenvalue weighted by Gasteiger charge is -2.19. The summed E-state index contributed by atoms with van der Waals surface area (Å²) < 4.78 is 0. The first kappa shape index (κ1) is 25.7. The van der Waals surface area contributed by atoms with Crippen molar-refractivity contribution in [3.63, 3.8) is 0 Å². The van der Waals surface area contributed by atoms with Gasteiger partial charge in [-0.3, -0.25) is 4.79 Å². The molecule has 4 aromatic rings. The highest BCUT2D eigenvalue weighted by Gasteiger charge is 2.18. The van der Waals surface area contributed by atoms with Crippen LogP contribution < -0.4 is 16.4 Å². The third-order valence-electron chi connectivity index (χ3n) is 5.85. The number of benzene rings is 3. The smallest absolute Gasteiger partial charge is 0.255 e. The number of anilines is 4. The Balaban J connectivity index is 1.63. The van der Waals surface area contributed by atoms with Crippen LogP contribution in [0.15, 0.2) is 66.7 Å². The van der Waals surface area contributed by atoms with Gasteiger partial charge in [0.1, 0.15) is 0 Å². The van der Waals surface area contributed by atoms with Crippen LogP contribution in [0.2, 0.25) is 0 Å². The van der Waals surface area contributed by atoms with Gasteiger partial charge in [0.15, 0.2) is 5.82 Å². The maximum atomic E-state index is 13.0. The van der Waals surface area contributed by atoms with Gasteiger partial charge >= 0.3 is 0 Å². The minimum Gasteiger partial charge on any atom is -0.392 e. The average molecular weight is 499 g/mol. The number of nitrogens with zero attached hydrogens (tertiary/aromatic N) is 3. The second kappa shape index (κ2) is 10.7. The third-order valence-corrected chi connectivity index (χ3v) is 5.85. The Morgan fingerprint density at radius 1 is 0.919 bits per heavy atom. The molecule has 0 atom stereocenters. The Labute approximate surface area is 215 Å². The van der Waals surface area contributed by atoms with Gasteiger partial charge in [-0.1, -0.05) is 57.2 Å². The van der Waals surface area contributed by atoms with E-state index in [9.17, 15) is 15.0 Å². The molecule has 0 fully saturated rings. The Morgan fingerprint density at radius 3 is 2.32 bits per heavy atom. The number of hydrogen-bond donors (Lipinski definition) is 5. The SMILES string of the molecule is CC(C)(C)c1ccc(C(=O)Nc2cccc(-c3nc(N)nc(Nc4cccc(CO)c4)n3)c2CO)cc1. The average Bonchev–Trinajstić information content (AvgIpc) is 2.88. The summed E-state index contributed by atoms with van der Waals surface area (Å²) in [5.41, 5.74) is 10.4. The maximum Gasteiger partial charge on any atom is 0.255 e. The Hall–Kier alpha value is -4.34. The zero-order chi connectivity index (χ0) is 26.6. The van der Waals surface area contributed by atoms with Gasteiger partial charge in [-0.25, -0.2) is 0 Å². The Morgan fingerprint density at radius 2 is 1.65 bits per heavy atom. The number of nitrogens with two attached hydrogens (primary N) is 1. The molecule has 0 saturated heterocycles. The van der Waals surface area contributed by atoms with E-state index < -0.39 is 0 Å². The highest BCUT2D eigenvalue weighted by molar-refractivity contribution is 6.05. The highest BCUT2D eigenvalue weighted by Crippen LogP contribution is 2.29. The van der Waals surface area contributed by atoms with Crippen molar-refractivity contribution in [2.24, 2.45) is 0 Å². The fraction of sp³-hybridized carbons (Fsp3) is 0.214.